The first-order chi connectivity index (χ1) is 13.7. The predicted octanol–water partition coefficient (Wildman–Crippen LogP) is 3.87. The number of aromatic nitrogens is 1. The summed E-state index contributed by atoms with van der Waals surface area (Å²) in [6.45, 7) is 15.8. The second-order valence-electron chi connectivity index (χ2n) is 7.68. The Labute approximate surface area is 195 Å². The molecule has 166 valence electrons. The SMILES string of the molecule is CCCCCC(C)NC(=NCc1ccc(N2CCN(CC)CC2)nc1)NCC.I. The number of halogens is 1. The van der Waals surface area contributed by atoms with Crippen LogP contribution in [0.4, 0.5) is 5.82 Å². The van der Waals surface area contributed by atoms with Crippen LogP contribution < -0.4 is 15.5 Å². The van der Waals surface area contributed by atoms with Gasteiger partial charge in [0.1, 0.15) is 5.82 Å². The Kier molecular flexibility index (Phi) is 13.3. The van der Waals surface area contributed by atoms with Crippen molar-refractivity contribution in [1.29, 1.82) is 0 Å². The van der Waals surface area contributed by atoms with E-state index in [0.717, 1.165) is 56.6 Å². The summed E-state index contributed by atoms with van der Waals surface area (Å²) in [4.78, 5) is 14.3. The van der Waals surface area contributed by atoms with Gasteiger partial charge in [0.15, 0.2) is 5.96 Å². The summed E-state index contributed by atoms with van der Waals surface area (Å²) in [5.41, 5.74) is 1.15. The third-order valence-corrected chi connectivity index (χ3v) is 5.34. The van der Waals surface area contributed by atoms with E-state index in [2.05, 4.69) is 65.2 Å². The molecule has 0 radical (unpaired) electrons. The van der Waals surface area contributed by atoms with E-state index in [-0.39, 0.29) is 24.0 Å². The Balaban J connectivity index is 0.00000420. The van der Waals surface area contributed by atoms with Gasteiger partial charge in [0.2, 0.25) is 0 Å². The number of rotatable bonds is 10. The molecule has 1 aliphatic heterocycles. The van der Waals surface area contributed by atoms with Crippen molar-refractivity contribution in [2.45, 2.75) is 66.0 Å². The van der Waals surface area contributed by atoms with Crippen LogP contribution in [-0.4, -0.2) is 61.2 Å². The largest absolute Gasteiger partial charge is 0.357 e. The lowest BCUT2D eigenvalue weighted by Gasteiger charge is -2.34. The number of likely N-dealkylation sites (N-methyl/N-ethyl adjacent to an activating group) is 1. The zero-order valence-corrected chi connectivity index (χ0v) is 21.1. The summed E-state index contributed by atoms with van der Waals surface area (Å²) in [7, 11) is 0. The summed E-state index contributed by atoms with van der Waals surface area (Å²) in [6, 6.07) is 4.73. The summed E-state index contributed by atoms with van der Waals surface area (Å²) in [5, 5.41) is 6.88. The van der Waals surface area contributed by atoms with E-state index in [1.807, 2.05) is 6.20 Å². The van der Waals surface area contributed by atoms with Crippen LogP contribution in [0.1, 0.15) is 58.9 Å². The molecule has 0 bridgehead atoms. The second-order valence-corrected chi connectivity index (χ2v) is 7.68. The van der Waals surface area contributed by atoms with Gasteiger partial charge >= 0.3 is 0 Å². The number of piperazine rings is 1. The second kappa shape index (κ2) is 14.8. The summed E-state index contributed by atoms with van der Waals surface area (Å²) in [6.07, 6.45) is 6.98. The molecule has 2 rings (SSSR count). The van der Waals surface area contributed by atoms with Gasteiger partial charge in [-0.3, -0.25) is 0 Å². The molecule has 6 nitrogen and oxygen atoms in total. The van der Waals surface area contributed by atoms with Crippen LogP contribution in [-0.2, 0) is 6.54 Å². The Bertz CT molecular complexity index is 569. The Morgan fingerprint density at radius 2 is 1.90 bits per heavy atom. The smallest absolute Gasteiger partial charge is 0.191 e. The number of nitrogens with one attached hydrogen (secondary N) is 2. The van der Waals surface area contributed by atoms with Crippen molar-refractivity contribution in [1.82, 2.24) is 20.5 Å². The zero-order chi connectivity index (χ0) is 20.2. The van der Waals surface area contributed by atoms with E-state index in [1.54, 1.807) is 0 Å². The lowest BCUT2D eigenvalue weighted by molar-refractivity contribution is 0.270. The number of hydrogen-bond donors (Lipinski definition) is 2. The van der Waals surface area contributed by atoms with Crippen molar-refractivity contribution in [3.63, 3.8) is 0 Å². The number of unbranched alkanes of at least 4 members (excludes halogenated alkanes) is 2. The van der Waals surface area contributed by atoms with E-state index in [4.69, 9.17) is 4.99 Å². The van der Waals surface area contributed by atoms with Crippen LogP contribution in [0.15, 0.2) is 23.3 Å². The number of nitrogens with zero attached hydrogens (tertiary/aromatic N) is 4. The summed E-state index contributed by atoms with van der Waals surface area (Å²) < 4.78 is 0. The number of guanidine groups is 1. The molecule has 0 aromatic carbocycles. The molecule has 1 unspecified atom stereocenters. The minimum Gasteiger partial charge on any atom is -0.357 e. The lowest BCUT2D eigenvalue weighted by atomic mass is 10.1. The van der Waals surface area contributed by atoms with Crippen molar-refractivity contribution >= 4 is 35.8 Å². The lowest BCUT2D eigenvalue weighted by Crippen LogP contribution is -2.46. The third kappa shape index (κ3) is 9.51. The number of anilines is 1. The van der Waals surface area contributed by atoms with Gasteiger partial charge in [-0.1, -0.05) is 39.2 Å². The van der Waals surface area contributed by atoms with E-state index in [0.29, 0.717) is 12.6 Å². The standard InChI is InChI=1S/C22H40N6.HI/c1-5-8-9-10-19(4)26-22(23-6-2)25-18-20-11-12-21(24-17-20)28-15-13-27(7-3)14-16-28;/h11-12,17,19H,5-10,13-16,18H2,1-4H3,(H2,23,25,26);1H. The van der Waals surface area contributed by atoms with Gasteiger partial charge in [-0.2, -0.15) is 0 Å². The normalized spacial score (nSPS) is 16.3. The van der Waals surface area contributed by atoms with Crippen LogP contribution in [0.25, 0.3) is 0 Å². The van der Waals surface area contributed by atoms with E-state index in [1.165, 1.54) is 25.7 Å². The Morgan fingerprint density at radius 3 is 2.48 bits per heavy atom. The fourth-order valence-corrected chi connectivity index (χ4v) is 3.49. The molecule has 1 atom stereocenters. The van der Waals surface area contributed by atoms with Crippen molar-refractivity contribution in [2.75, 3.05) is 44.2 Å². The predicted molar refractivity (Wildman–Crippen MR) is 136 cm³/mol. The van der Waals surface area contributed by atoms with Gasteiger partial charge in [0.25, 0.3) is 0 Å². The maximum Gasteiger partial charge on any atom is 0.191 e. The highest BCUT2D eigenvalue weighted by Crippen LogP contribution is 2.14. The van der Waals surface area contributed by atoms with Crippen LogP contribution in [0.2, 0.25) is 0 Å². The third-order valence-electron chi connectivity index (χ3n) is 5.34. The molecule has 1 fully saturated rings. The fourth-order valence-electron chi connectivity index (χ4n) is 3.49. The summed E-state index contributed by atoms with van der Waals surface area (Å²) in [5.74, 6) is 1.98. The number of hydrogen-bond acceptors (Lipinski definition) is 4. The van der Waals surface area contributed by atoms with E-state index >= 15 is 0 Å². The average Bonchev–Trinajstić information content (AvgIpc) is 2.73. The fraction of sp³-hybridized carbons (Fsp3) is 0.727. The topological polar surface area (TPSA) is 55.8 Å². The number of pyridine rings is 1. The first-order valence-electron chi connectivity index (χ1n) is 11.1. The van der Waals surface area contributed by atoms with Gasteiger partial charge in [-0.15, -0.1) is 24.0 Å². The molecule has 0 amide bonds. The van der Waals surface area contributed by atoms with Gasteiger partial charge < -0.3 is 20.4 Å². The van der Waals surface area contributed by atoms with Gasteiger partial charge in [0, 0.05) is 45.0 Å². The quantitative estimate of drug-likeness (QED) is 0.214. The van der Waals surface area contributed by atoms with Crippen molar-refractivity contribution < 1.29 is 0 Å². The Hall–Kier alpha value is -1.09. The van der Waals surface area contributed by atoms with E-state index < -0.39 is 0 Å². The molecule has 1 saturated heterocycles. The minimum atomic E-state index is 0. The molecule has 0 aliphatic carbocycles. The Morgan fingerprint density at radius 1 is 1.14 bits per heavy atom. The van der Waals surface area contributed by atoms with Crippen LogP contribution in [0.5, 0.6) is 0 Å². The molecule has 0 saturated carbocycles. The summed E-state index contributed by atoms with van der Waals surface area (Å²) >= 11 is 0. The molecule has 7 heteroatoms. The number of aliphatic imine (C=N–C) groups is 1. The van der Waals surface area contributed by atoms with Crippen molar-refractivity contribution in [2.24, 2.45) is 4.99 Å². The zero-order valence-electron chi connectivity index (χ0n) is 18.8. The maximum atomic E-state index is 4.75. The van der Waals surface area contributed by atoms with Crippen LogP contribution in [0, 0.1) is 0 Å². The highest BCUT2D eigenvalue weighted by atomic mass is 127. The first-order valence-corrected chi connectivity index (χ1v) is 11.1. The van der Waals surface area contributed by atoms with E-state index in [9.17, 15) is 0 Å². The minimum absolute atomic E-state index is 0. The maximum absolute atomic E-state index is 4.75. The monoisotopic (exact) mass is 516 g/mol. The van der Waals surface area contributed by atoms with Gasteiger partial charge in [0.05, 0.1) is 6.54 Å². The highest BCUT2D eigenvalue weighted by Gasteiger charge is 2.16. The molecular formula is C22H41IN6. The first kappa shape index (κ1) is 25.9. The van der Waals surface area contributed by atoms with Crippen molar-refractivity contribution in [3.8, 4) is 0 Å². The molecule has 1 aromatic heterocycles. The van der Waals surface area contributed by atoms with Crippen LogP contribution in [0.3, 0.4) is 0 Å². The molecule has 1 aliphatic rings. The van der Waals surface area contributed by atoms with Crippen LogP contribution >= 0.6 is 24.0 Å². The molecule has 29 heavy (non-hydrogen) atoms. The molecule has 0 spiro atoms. The van der Waals surface area contributed by atoms with Gasteiger partial charge in [-0.05, 0) is 38.4 Å². The van der Waals surface area contributed by atoms with Gasteiger partial charge in [-0.25, -0.2) is 9.98 Å². The highest BCUT2D eigenvalue weighted by molar-refractivity contribution is 14.0. The van der Waals surface area contributed by atoms with Crippen molar-refractivity contribution in [3.05, 3.63) is 23.9 Å². The molecule has 1 aromatic rings. The molecular weight excluding hydrogens is 475 g/mol. The molecule has 2 heterocycles. The average molecular weight is 517 g/mol. The molecule has 2 N–H and O–H groups in total.